The van der Waals surface area contributed by atoms with Gasteiger partial charge in [-0.3, -0.25) is 5.32 Å². The van der Waals surface area contributed by atoms with Crippen molar-refractivity contribution in [2.75, 3.05) is 53.4 Å². The number of aromatic amines is 1. The first-order chi connectivity index (χ1) is 20.2. The van der Waals surface area contributed by atoms with E-state index in [9.17, 15) is 9.59 Å². The molecule has 6 rings (SSSR count). The van der Waals surface area contributed by atoms with Gasteiger partial charge in [0.25, 0.3) is 0 Å². The molecular weight excluding hydrogens is 538 g/mol. The number of carbonyl (C=O) groups excluding carboxylic acids is 2. The predicted molar refractivity (Wildman–Crippen MR) is 160 cm³/mol. The van der Waals surface area contributed by atoms with Crippen LogP contribution in [0.1, 0.15) is 20.8 Å². The third-order valence-electron chi connectivity index (χ3n) is 6.86. The Morgan fingerprint density at radius 1 is 1.02 bits per heavy atom. The summed E-state index contributed by atoms with van der Waals surface area (Å²) in [7, 11) is 0. The van der Waals surface area contributed by atoms with Gasteiger partial charge in [-0.1, -0.05) is 12.1 Å². The zero-order valence-corrected chi connectivity index (χ0v) is 23.7. The number of anilines is 4. The van der Waals surface area contributed by atoms with Crippen LogP contribution < -0.4 is 25.8 Å². The number of carbonyl (C=O) groups is 2. The van der Waals surface area contributed by atoms with E-state index in [2.05, 4.69) is 45.7 Å². The van der Waals surface area contributed by atoms with Gasteiger partial charge in [0.2, 0.25) is 0 Å². The van der Waals surface area contributed by atoms with Crippen molar-refractivity contribution in [3.05, 3.63) is 55.0 Å². The first kappa shape index (κ1) is 27.3. The van der Waals surface area contributed by atoms with Gasteiger partial charge in [-0.25, -0.2) is 24.5 Å². The number of nitrogens with zero attached hydrogens (tertiary/aromatic N) is 5. The minimum atomic E-state index is -0.539. The Labute approximate surface area is 242 Å². The van der Waals surface area contributed by atoms with Crippen LogP contribution in [0.25, 0.3) is 22.3 Å². The molecule has 218 valence electrons. The van der Waals surface area contributed by atoms with Gasteiger partial charge in [0.05, 0.1) is 18.0 Å². The molecule has 13 heteroatoms. The number of urea groups is 1. The molecule has 5 heterocycles. The van der Waals surface area contributed by atoms with E-state index < -0.39 is 17.7 Å². The van der Waals surface area contributed by atoms with E-state index in [0.29, 0.717) is 37.9 Å². The number of nitrogens with one attached hydrogen (secondary N) is 4. The molecule has 0 aliphatic carbocycles. The van der Waals surface area contributed by atoms with Crippen molar-refractivity contribution in [3.8, 4) is 11.3 Å². The molecule has 3 amide bonds. The molecule has 42 heavy (non-hydrogen) atoms. The second kappa shape index (κ2) is 11.2. The van der Waals surface area contributed by atoms with E-state index >= 15 is 0 Å². The van der Waals surface area contributed by atoms with Crippen LogP contribution in [0.2, 0.25) is 0 Å². The number of pyridine rings is 1. The van der Waals surface area contributed by atoms with E-state index in [1.54, 1.807) is 18.6 Å². The van der Waals surface area contributed by atoms with Crippen LogP contribution in [0, 0.1) is 0 Å². The highest BCUT2D eigenvalue weighted by molar-refractivity contribution is 5.99. The summed E-state index contributed by atoms with van der Waals surface area (Å²) in [4.78, 5) is 45.3. The van der Waals surface area contributed by atoms with Crippen molar-refractivity contribution in [3.63, 3.8) is 0 Å². The Morgan fingerprint density at radius 2 is 1.83 bits per heavy atom. The summed E-state index contributed by atoms with van der Waals surface area (Å²) < 4.78 is 10.8. The molecule has 0 radical (unpaired) electrons. The van der Waals surface area contributed by atoms with Crippen molar-refractivity contribution in [1.29, 1.82) is 0 Å². The molecular formula is C29H33N9O4. The third-order valence-corrected chi connectivity index (χ3v) is 6.86. The Morgan fingerprint density at radius 3 is 2.57 bits per heavy atom. The molecule has 4 aromatic rings. The van der Waals surface area contributed by atoms with Crippen LogP contribution in [0.5, 0.6) is 0 Å². The quantitative estimate of drug-likeness (QED) is 0.267. The first-order valence-corrected chi connectivity index (χ1v) is 13.8. The smallest absolute Gasteiger partial charge is 0.407 e. The normalized spacial score (nSPS) is 15.4. The van der Waals surface area contributed by atoms with Crippen LogP contribution >= 0.6 is 0 Å². The molecule has 0 bridgehead atoms. The number of amides is 3. The monoisotopic (exact) mass is 571 g/mol. The Hall–Kier alpha value is -4.91. The molecule has 0 atom stereocenters. The lowest BCUT2D eigenvalue weighted by Gasteiger charge is -2.41. The van der Waals surface area contributed by atoms with Crippen LogP contribution in [0.4, 0.5) is 32.6 Å². The van der Waals surface area contributed by atoms with Crippen molar-refractivity contribution in [1.82, 2.24) is 25.3 Å². The lowest BCUT2D eigenvalue weighted by Crippen LogP contribution is -2.60. The van der Waals surface area contributed by atoms with Gasteiger partial charge in [-0.2, -0.15) is 0 Å². The molecule has 2 aliphatic heterocycles. The highest BCUT2D eigenvalue weighted by Gasteiger charge is 2.30. The molecule has 0 saturated carbocycles. The highest BCUT2D eigenvalue weighted by atomic mass is 16.6. The van der Waals surface area contributed by atoms with Crippen molar-refractivity contribution >= 4 is 46.2 Å². The van der Waals surface area contributed by atoms with Gasteiger partial charge < -0.3 is 34.9 Å². The molecule has 1 aromatic carbocycles. The van der Waals surface area contributed by atoms with Gasteiger partial charge >= 0.3 is 12.1 Å². The molecule has 2 fully saturated rings. The van der Waals surface area contributed by atoms with Gasteiger partial charge in [-0.05, 0) is 50.6 Å². The van der Waals surface area contributed by atoms with Crippen LogP contribution in [0.15, 0.2) is 55.0 Å². The predicted octanol–water partition coefficient (Wildman–Crippen LogP) is 4.17. The van der Waals surface area contributed by atoms with Crippen LogP contribution in [-0.2, 0) is 9.47 Å². The van der Waals surface area contributed by atoms with Crippen molar-refractivity contribution in [2.24, 2.45) is 0 Å². The number of alkyl carbamates (subject to hydrolysis) is 1. The summed E-state index contributed by atoms with van der Waals surface area (Å²) in [6.07, 6.45) is 2.77. The SMILES string of the molecule is CC(C)(C)OC(=O)NC1CN(c2ccnc(NC(=O)Nc3ccc(-c4cc5c(N6CCOC6)ncnc5[nH]4)cc3)c2)C1. The average Bonchev–Trinajstić information content (AvgIpc) is 3.60. The minimum Gasteiger partial charge on any atom is -0.444 e. The number of hydrogen-bond acceptors (Lipinski definition) is 9. The fraction of sp³-hybridized carbons (Fsp3) is 0.345. The molecule has 4 N–H and O–H groups in total. The Balaban J connectivity index is 1.03. The van der Waals surface area contributed by atoms with E-state index in [1.807, 2.05) is 57.2 Å². The second-order valence-electron chi connectivity index (χ2n) is 11.2. The van der Waals surface area contributed by atoms with E-state index in [1.165, 1.54) is 0 Å². The number of hydrogen-bond donors (Lipinski definition) is 4. The third kappa shape index (κ3) is 6.20. The van der Waals surface area contributed by atoms with E-state index in [4.69, 9.17) is 9.47 Å². The Bertz CT molecular complexity index is 1590. The second-order valence-corrected chi connectivity index (χ2v) is 11.2. The number of benzene rings is 1. The lowest BCUT2D eigenvalue weighted by atomic mass is 10.1. The number of H-pyrrole nitrogens is 1. The number of ether oxygens (including phenoxy) is 2. The highest BCUT2D eigenvalue weighted by Crippen LogP contribution is 2.30. The summed E-state index contributed by atoms with van der Waals surface area (Å²) >= 11 is 0. The molecule has 2 aliphatic rings. The molecule has 2 saturated heterocycles. The summed E-state index contributed by atoms with van der Waals surface area (Å²) in [5.41, 5.74) is 3.60. The zero-order chi connectivity index (χ0) is 29.3. The molecule has 13 nitrogen and oxygen atoms in total. The number of fused-ring (bicyclic) bond motifs is 1. The lowest BCUT2D eigenvalue weighted by molar-refractivity contribution is 0.0496. The maximum atomic E-state index is 12.7. The maximum absolute atomic E-state index is 12.7. The largest absolute Gasteiger partial charge is 0.444 e. The van der Waals surface area contributed by atoms with Crippen LogP contribution in [-0.4, -0.2) is 76.7 Å². The first-order valence-electron chi connectivity index (χ1n) is 13.8. The molecule has 0 unspecified atom stereocenters. The van der Waals surface area contributed by atoms with Crippen molar-refractivity contribution in [2.45, 2.75) is 32.4 Å². The summed E-state index contributed by atoms with van der Waals surface area (Å²) in [5.74, 6) is 1.27. The van der Waals surface area contributed by atoms with Gasteiger partial charge in [0.15, 0.2) is 0 Å². The number of rotatable bonds is 6. The van der Waals surface area contributed by atoms with E-state index in [0.717, 1.165) is 40.3 Å². The standard InChI is InChI=1S/C29H33N9O4/c1-29(2,3)42-28(40)34-20-14-38(15-20)21-8-9-30-24(12-21)36-27(39)33-19-6-4-18(5-7-19)23-13-22-25(35-23)31-16-32-26(22)37-10-11-41-17-37/h4-9,12-13,16,20H,10-11,14-15,17H2,1-3H3,(H,34,40)(H,31,32,35)(H2,30,33,36,39). The summed E-state index contributed by atoms with van der Waals surface area (Å²) in [5, 5.41) is 9.44. The van der Waals surface area contributed by atoms with Crippen molar-refractivity contribution < 1.29 is 19.1 Å². The molecule has 0 spiro atoms. The fourth-order valence-electron chi connectivity index (χ4n) is 4.87. The van der Waals surface area contributed by atoms with Crippen LogP contribution in [0.3, 0.4) is 0 Å². The number of aromatic nitrogens is 4. The minimum absolute atomic E-state index is 0.00490. The summed E-state index contributed by atoms with van der Waals surface area (Å²) in [6, 6.07) is 12.8. The average molecular weight is 572 g/mol. The topological polar surface area (TPSA) is 150 Å². The molecule has 3 aromatic heterocycles. The maximum Gasteiger partial charge on any atom is 0.407 e. The fourth-order valence-corrected chi connectivity index (χ4v) is 4.87. The Kier molecular flexibility index (Phi) is 7.25. The van der Waals surface area contributed by atoms with Gasteiger partial charge in [0, 0.05) is 49.0 Å². The van der Waals surface area contributed by atoms with Gasteiger partial charge in [-0.15, -0.1) is 0 Å². The zero-order valence-electron chi connectivity index (χ0n) is 23.7. The van der Waals surface area contributed by atoms with Gasteiger partial charge in [0.1, 0.15) is 35.9 Å². The summed E-state index contributed by atoms with van der Waals surface area (Å²) in [6.45, 7) is 8.76. The van der Waals surface area contributed by atoms with E-state index in [-0.39, 0.29) is 6.04 Å².